The van der Waals surface area contributed by atoms with Crippen molar-refractivity contribution in [3.63, 3.8) is 0 Å². The van der Waals surface area contributed by atoms with Crippen LogP contribution in [0.15, 0.2) is 48.5 Å². The second-order valence-electron chi connectivity index (χ2n) is 8.26. The second kappa shape index (κ2) is 8.37. The van der Waals surface area contributed by atoms with Gasteiger partial charge in [-0.05, 0) is 56.5 Å². The van der Waals surface area contributed by atoms with Gasteiger partial charge in [0.15, 0.2) is 5.15 Å². The van der Waals surface area contributed by atoms with Gasteiger partial charge in [0.2, 0.25) is 0 Å². The third-order valence-corrected chi connectivity index (χ3v) is 6.49. The van der Waals surface area contributed by atoms with Crippen molar-refractivity contribution in [3.8, 4) is 11.4 Å². The number of nitrogens with zero attached hydrogens (tertiary/aromatic N) is 3. The van der Waals surface area contributed by atoms with E-state index in [9.17, 15) is 13.2 Å². The smallest absolute Gasteiger partial charge is 0.323 e. The summed E-state index contributed by atoms with van der Waals surface area (Å²) in [6.45, 7) is 2.74. The van der Waals surface area contributed by atoms with Gasteiger partial charge < -0.3 is 9.88 Å². The Labute approximate surface area is 188 Å². The number of alkyl halides is 3. The van der Waals surface area contributed by atoms with E-state index in [4.69, 9.17) is 16.6 Å². The minimum atomic E-state index is -4.38. The fourth-order valence-corrected chi connectivity index (χ4v) is 4.75. The molecule has 166 valence electrons. The number of para-hydroxylation sites is 1. The summed E-state index contributed by atoms with van der Waals surface area (Å²) in [5, 5.41) is 4.62. The van der Waals surface area contributed by atoms with Crippen molar-refractivity contribution in [3.05, 3.63) is 59.2 Å². The maximum absolute atomic E-state index is 13.1. The molecule has 0 aliphatic carbocycles. The molecule has 2 aromatic carbocycles. The number of pyridine rings is 1. The molecule has 3 heterocycles. The van der Waals surface area contributed by atoms with Gasteiger partial charge in [-0.3, -0.25) is 0 Å². The van der Waals surface area contributed by atoms with E-state index in [1.807, 2.05) is 24.3 Å². The molecule has 4 nitrogen and oxygen atoms in total. The number of imidazole rings is 1. The highest BCUT2D eigenvalue weighted by molar-refractivity contribution is 6.35. The molecule has 1 aliphatic heterocycles. The first-order valence-electron chi connectivity index (χ1n) is 10.7. The number of piperidine rings is 1. The fourth-order valence-electron chi connectivity index (χ4n) is 4.53. The zero-order chi connectivity index (χ0) is 22.3. The van der Waals surface area contributed by atoms with E-state index in [1.165, 1.54) is 12.1 Å². The van der Waals surface area contributed by atoms with Crippen molar-refractivity contribution < 1.29 is 13.2 Å². The number of halogens is 4. The monoisotopic (exact) mass is 458 g/mol. The average Bonchev–Trinajstić information content (AvgIpc) is 3.18. The Kier molecular flexibility index (Phi) is 5.55. The Bertz CT molecular complexity index is 1260. The molecular formula is C24H22ClF3N4. The van der Waals surface area contributed by atoms with Gasteiger partial charge in [0.05, 0.1) is 16.6 Å². The SMILES string of the molecule is FC(F)(F)c1ccc(-c2nc3c(Cl)nc4ccccc4c3n2CCC2CCNCC2)cc1. The molecule has 0 saturated carbocycles. The Hall–Kier alpha value is -2.64. The molecule has 0 amide bonds. The molecule has 8 heteroatoms. The summed E-state index contributed by atoms with van der Waals surface area (Å²) < 4.78 is 41.3. The van der Waals surface area contributed by atoms with Gasteiger partial charge in [0.25, 0.3) is 0 Å². The van der Waals surface area contributed by atoms with Crippen LogP contribution in [0.3, 0.4) is 0 Å². The van der Waals surface area contributed by atoms with Gasteiger partial charge >= 0.3 is 6.18 Å². The molecular weight excluding hydrogens is 437 g/mol. The van der Waals surface area contributed by atoms with E-state index in [0.717, 1.165) is 60.9 Å². The third kappa shape index (κ3) is 3.95. The van der Waals surface area contributed by atoms with Gasteiger partial charge in [-0.1, -0.05) is 41.9 Å². The zero-order valence-corrected chi connectivity index (χ0v) is 18.0. The van der Waals surface area contributed by atoms with Crippen molar-refractivity contribution in [1.82, 2.24) is 19.9 Å². The zero-order valence-electron chi connectivity index (χ0n) is 17.3. The molecule has 2 aromatic heterocycles. The van der Waals surface area contributed by atoms with Gasteiger partial charge in [-0.15, -0.1) is 0 Å². The van der Waals surface area contributed by atoms with Gasteiger partial charge in [0, 0.05) is 17.5 Å². The molecule has 0 spiro atoms. The van der Waals surface area contributed by atoms with Gasteiger partial charge in [0.1, 0.15) is 11.3 Å². The largest absolute Gasteiger partial charge is 0.416 e. The van der Waals surface area contributed by atoms with E-state index >= 15 is 0 Å². The first-order valence-corrected chi connectivity index (χ1v) is 11.1. The van der Waals surface area contributed by atoms with Crippen molar-refractivity contribution in [2.45, 2.75) is 32.0 Å². The number of fused-ring (bicyclic) bond motifs is 3. The van der Waals surface area contributed by atoms with Crippen LogP contribution >= 0.6 is 11.6 Å². The summed E-state index contributed by atoms with van der Waals surface area (Å²) in [6.07, 6.45) is -1.18. The number of aromatic nitrogens is 3. The Balaban J connectivity index is 1.65. The van der Waals surface area contributed by atoms with E-state index in [2.05, 4.69) is 14.9 Å². The lowest BCUT2D eigenvalue weighted by molar-refractivity contribution is -0.137. The summed E-state index contributed by atoms with van der Waals surface area (Å²) >= 11 is 6.50. The predicted molar refractivity (Wildman–Crippen MR) is 121 cm³/mol. The Morgan fingerprint density at radius 3 is 2.44 bits per heavy atom. The molecule has 1 N–H and O–H groups in total. The summed E-state index contributed by atoms with van der Waals surface area (Å²) in [7, 11) is 0. The van der Waals surface area contributed by atoms with Crippen molar-refractivity contribution >= 4 is 33.5 Å². The highest BCUT2D eigenvalue weighted by Crippen LogP contribution is 2.36. The standard InChI is InChI=1S/C24H22ClF3N4/c25-22-20-21(18-3-1-2-4-19(18)30-22)32(14-11-15-9-12-29-13-10-15)23(31-20)16-5-7-17(8-6-16)24(26,27)28/h1-8,15,29H,9-14H2. The van der Waals surface area contributed by atoms with Gasteiger partial charge in [-0.25, -0.2) is 9.97 Å². The minimum Gasteiger partial charge on any atom is -0.323 e. The Morgan fingerprint density at radius 1 is 1.00 bits per heavy atom. The minimum absolute atomic E-state index is 0.299. The number of hydrogen-bond donors (Lipinski definition) is 1. The van der Waals surface area contributed by atoms with E-state index in [0.29, 0.717) is 34.5 Å². The molecule has 1 aliphatic rings. The molecule has 1 fully saturated rings. The normalized spacial score (nSPS) is 15.6. The maximum Gasteiger partial charge on any atom is 0.416 e. The van der Waals surface area contributed by atoms with Crippen LogP contribution in [0.2, 0.25) is 5.15 Å². The lowest BCUT2D eigenvalue weighted by Crippen LogP contribution is -2.28. The number of hydrogen-bond acceptors (Lipinski definition) is 3. The summed E-state index contributed by atoms with van der Waals surface area (Å²) in [5.41, 5.74) is 2.17. The van der Waals surface area contributed by atoms with E-state index < -0.39 is 11.7 Å². The van der Waals surface area contributed by atoms with Crippen molar-refractivity contribution in [2.24, 2.45) is 5.92 Å². The lowest BCUT2D eigenvalue weighted by Gasteiger charge is -2.23. The molecule has 1 saturated heterocycles. The fraction of sp³-hybridized carbons (Fsp3) is 0.333. The number of benzene rings is 2. The summed E-state index contributed by atoms with van der Waals surface area (Å²) in [4.78, 5) is 9.24. The predicted octanol–water partition coefficient (Wildman–Crippen LogP) is 6.31. The number of aryl methyl sites for hydroxylation is 1. The molecule has 0 unspecified atom stereocenters. The van der Waals surface area contributed by atoms with Crippen LogP contribution in [0.5, 0.6) is 0 Å². The topological polar surface area (TPSA) is 42.7 Å². The summed E-state index contributed by atoms with van der Waals surface area (Å²) in [6, 6.07) is 12.9. The van der Waals surface area contributed by atoms with Crippen LogP contribution in [0.25, 0.3) is 33.3 Å². The van der Waals surface area contributed by atoms with Crippen LogP contribution in [0.1, 0.15) is 24.8 Å². The maximum atomic E-state index is 13.1. The second-order valence-corrected chi connectivity index (χ2v) is 8.62. The molecule has 5 rings (SSSR count). The molecule has 0 bridgehead atoms. The third-order valence-electron chi connectivity index (χ3n) is 6.23. The van der Waals surface area contributed by atoms with E-state index in [1.54, 1.807) is 0 Å². The van der Waals surface area contributed by atoms with E-state index in [-0.39, 0.29) is 0 Å². The molecule has 4 aromatic rings. The number of nitrogens with one attached hydrogen (secondary N) is 1. The highest BCUT2D eigenvalue weighted by Gasteiger charge is 2.30. The molecule has 0 radical (unpaired) electrons. The highest BCUT2D eigenvalue weighted by atomic mass is 35.5. The molecule has 32 heavy (non-hydrogen) atoms. The molecule has 0 atom stereocenters. The van der Waals surface area contributed by atoms with Crippen LogP contribution in [-0.2, 0) is 12.7 Å². The lowest BCUT2D eigenvalue weighted by atomic mass is 9.94. The van der Waals surface area contributed by atoms with Crippen LogP contribution < -0.4 is 5.32 Å². The quantitative estimate of drug-likeness (QED) is 0.364. The Morgan fingerprint density at radius 2 is 1.72 bits per heavy atom. The first kappa shape index (κ1) is 21.2. The first-order chi connectivity index (χ1) is 15.4. The van der Waals surface area contributed by atoms with Crippen LogP contribution in [0.4, 0.5) is 13.2 Å². The van der Waals surface area contributed by atoms with Gasteiger partial charge in [-0.2, -0.15) is 13.2 Å². The summed E-state index contributed by atoms with van der Waals surface area (Å²) in [5.74, 6) is 1.21. The van der Waals surface area contributed by atoms with Crippen LogP contribution in [0, 0.1) is 5.92 Å². The van der Waals surface area contributed by atoms with Crippen molar-refractivity contribution in [1.29, 1.82) is 0 Å². The number of rotatable bonds is 4. The van der Waals surface area contributed by atoms with Crippen LogP contribution in [-0.4, -0.2) is 27.6 Å². The van der Waals surface area contributed by atoms with Crippen molar-refractivity contribution in [2.75, 3.05) is 13.1 Å². The average molecular weight is 459 g/mol.